The van der Waals surface area contributed by atoms with Crippen molar-refractivity contribution in [3.63, 3.8) is 0 Å². The summed E-state index contributed by atoms with van der Waals surface area (Å²) in [5.41, 5.74) is 3.75. The van der Waals surface area contributed by atoms with E-state index in [2.05, 4.69) is 17.3 Å². The van der Waals surface area contributed by atoms with Crippen LogP contribution < -0.4 is 16.0 Å². The van der Waals surface area contributed by atoms with Crippen LogP contribution in [0.15, 0.2) is 18.5 Å². The van der Waals surface area contributed by atoms with E-state index in [1.54, 1.807) is 19.5 Å². The van der Waals surface area contributed by atoms with E-state index in [1.165, 1.54) is 0 Å². The van der Waals surface area contributed by atoms with Crippen LogP contribution in [0.5, 0.6) is 5.75 Å². The largest absolute Gasteiger partial charge is 0.495 e. The zero-order valence-corrected chi connectivity index (χ0v) is 10.6. The van der Waals surface area contributed by atoms with Gasteiger partial charge < -0.3 is 9.47 Å². The quantitative estimate of drug-likeness (QED) is 0.556. The van der Waals surface area contributed by atoms with Crippen LogP contribution in [0.4, 0.5) is 0 Å². The Morgan fingerprint density at radius 3 is 2.71 bits per heavy atom. The number of hydrogen-bond donors (Lipinski definition) is 2. The molecule has 5 heteroatoms. The minimum Gasteiger partial charge on any atom is -0.495 e. The second-order valence-electron chi connectivity index (χ2n) is 3.70. The van der Waals surface area contributed by atoms with Crippen LogP contribution in [0.3, 0.4) is 0 Å². The highest BCUT2D eigenvalue weighted by Gasteiger charge is 2.21. The first-order valence-corrected chi connectivity index (χ1v) is 5.83. The molecule has 0 saturated heterocycles. The molecule has 1 aromatic rings. The van der Waals surface area contributed by atoms with Gasteiger partial charge in [-0.3, -0.25) is 16.3 Å². The Labute approximate surface area is 102 Å². The second kappa shape index (κ2) is 7.21. The molecule has 0 aromatic carbocycles. The average molecular weight is 239 g/mol. The van der Waals surface area contributed by atoms with E-state index in [9.17, 15) is 0 Å². The average Bonchev–Trinajstić information content (AvgIpc) is 2.38. The molecule has 0 aliphatic carbocycles. The van der Waals surface area contributed by atoms with Gasteiger partial charge in [-0.25, -0.2) is 0 Å². The fraction of sp³-hybridized carbons (Fsp3) is 0.583. The SMILES string of the molecule is CCOC(CC)C(NN)c1cncc(OC)c1. The number of aromatic nitrogens is 1. The summed E-state index contributed by atoms with van der Waals surface area (Å²) in [6, 6.07) is 1.83. The van der Waals surface area contributed by atoms with E-state index in [0.29, 0.717) is 12.4 Å². The fourth-order valence-corrected chi connectivity index (χ4v) is 1.80. The molecule has 2 unspecified atom stereocenters. The van der Waals surface area contributed by atoms with Gasteiger partial charge >= 0.3 is 0 Å². The summed E-state index contributed by atoms with van der Waals surface area (Å²) in [7, 11) is 1.62. The highest BCUT2D eigenvalue weighted by Crippen LogP contribution is 2.23. The number of nitrogens with one attached hydrogen (secondary N) is 1. The molecule has 1 aromatic heterocycles. The van der Waals surface area contributed by atoms with E-state index in [0.717, 1.165) is 12.0 Å². The number of pyridine rings is 1. The summed E-state index contributed by atoms with van der Waals surface area (Å²) in [5.74, 6) is 6.32. The smallest absolute Gasteiger partial charge is 0.137 e. The van der Waals surface area contributed by atoms with Crippen LogP contribution in [-0.2, 0) is 4.74 Å². The van der Waals surface area contributed by atoms with Crippen LogP contribution in [0.1, 0.15) is 31.9 Å². The van der Waals surface area contributed by atoms with Crippen LogP contribution >= 0.6 is 0 Å². The van der Waals surface area contributed by atoms with Crippen molar-refractivity contribution in [3.8, 4) is 5.75 Å². The summed E-state index contributed by atoms with van der Waals surface area (Å²) in [5, 5.41) is 0. The van der Waals surface area contributed by atoms with Crippen molar-refractivity contribution in [2.24, 2.45) is 5.84 Å². The first kappa shape index (κ1) is 13.9. The summed E-state index contributed by atoms with van der Waals surface area (Å²) in [4.78, 5) is 4.13. The molecular weight excluding hydrogens is 218 g/mol. The van der Waals surface area contributed by atoms with Crippen molar-refractivity contribution in [1.82, 2.24) is 10.4 Å². The minimum absolute atomic E-state index is 0.0268. The lowest BCUT2D eigenvalue weighted by Crippen LogP contribution is -2.37. The summed E-state index contributed by atoms with van der Waals surface area (Å²) in [6.45, 7) is 4.70. The molecule has 1 rings (SSSR count). The molecule has 0 radical (unpaired) electrons. The number of methoxy groups -OCH3 is 1. The van der Waals surface area contributed by atoms with Gasteiger partial charge in [-0.05, 0) is 25.0 Å². The lowest BCUT2D eigenvalue weighted by Gasteiger charge is -2.25. The molecule has 0 fully saturated rings. The third-order valence-corrected chi connectivity index (χ3v) is 2.66. The molecule has 0 bridgehead atoms. The van der Waals surface area contributed by atoms with Gasteiger partial charge in [0.1, 0.15) is 5.75 Å². The van der Waals surface area contributed by atoms with Crippen molar-refractivity contribution >= 4 is 0 Å². The molecule has 2 atom stereocenters. The van der Waals surface area contributed by atoms with Gasteiger partial charge in [0.25, 0.3) is 0 Å². The lowest BCUT2D eigenvalue weighted by molar-refractivity contribution is 0.0313. The summed E-state index contributed by atoms with van der Waals surface area (Å²) < 4.78 is 10.8. The zero-order valence-electron chi connectivity index (χ0n) is 10.6. The molecule has 0 aliphatic rings. The topological polar surface area (TPSA) is 69.4 Å². The third-order valence-electron chi connectivity index (χ3n) is 2.66. The van der Waals surface area contributed by atoms with Crippen LogP contribution in [0.2, 0.25) is 0 Å². The number of hydrogen-bond acceptors (Lipinski definition) is 5. The molecule has 0 aliphatic heterocycles. The summed E-state index contributed by atoms with van der Waals surface area (Å²) >= 11 is 0. The van der Waals surface area contributed by atoms with E-state index in [4.69, 9.17) is 15.3 Å². The van der Waals surface area contributed by atoms with Crippen molar-refractivity contribution in [1.29, 1.82) is 0 Å². The van der Waals surface area contributed by atoms with E-state index < -0.39 is 0 Å². The van der Waals surface area contributed by atoms with E-state index in [-0.39, 0.29) is 12.1 Å². The fourth-order valence-electron chi connectivity index (χ4n) is 1.80. The molecule has 1 heterocycles. The number of ether oxygens (including phenoxy) is 2. The Kier molecular flexibility index (Phi) is 5.90. The molecule has 3 N–H and O–H groups in total. The van der Waals surface area contributed by atoms with Gasteiger partial charge in [0.2, 0.25) is 0 Å². The molecule has 0 amide bonds. The van der Waals surface area contributed by atoms with Gasteiger partial charge in [0.15, 0.2) is 0 Å². The van der Waals surface area contributed by atoms with Crippen molar-refractivity contribution < 1.29 is 9.47 Å². The Morgan fingerprint density at radius 2 is 2.18 bits per heavy atom. The molecule has 5 nitrogen and oxygen atoms in total. The molecular formula is C12H21N3O2. The van der Waals surface area contributed by atoms with Crippen molar-refractivity contribution in [3.05, 3.63) is 24.0 Å². The molecule has 0 saturated carbocycles. The van der Waals surface area contributed by atoms with Crippen LogP contribution in [0.25, 0.3) is 0 Å². The predicted molar refractivity (Wildman–Crippen MR) is 66.6 cm³/mol. The van der Waals surface area contributed by atoms with Crippen LogP contribution in [0, 0.1) is 0 Å². The van der Waals surface area contributed by atoms with Crippen molar-refractivity contribution in [2.75, 3.05) is 13.7 Å². The van der Waals surface area contributed by atoms with Crippen molar-refractivity contribution in [2.45, 2.75) is 32.4 Å². The van der Waals surface area contributed by atoms with Gasteiger partial charge in [0.05, 0.1) is 25.5 Å². The number of rotatable bonds is 7. The van der Waals surface area contributed by atoms with Gasteiger partial charge in [-0.2, -0.15) is 0 Å². The first-order chi connectivity index (χ1) is 8.26. The number of hydrazine groups is 1. The van der Waals surface area contributed by atoms with E-state index >= 15 is 0 Å². The normalized spacial score (nSPS) is 14.4. The second-order valence-corrected chi connectivity index (χ2v) is 3.70. The Bertz CT molecular complexity index is 333. The van der Waals surface area contributed by atoms with Gasteiger partial charge in [0, 0.05) is 12.8 Å². The lowest BCUT2D eigenvalue weighted by atomic mass is 10.0. The highest BCUT2D eigenvalue weighted by atomic mass is 16.5. The monoisotopic (exact) mass is 239 g/mol. The number of nitrogens with two attached hydrogens (primary N) is 1. The maximum Gasteiger partial charge on any atom is 0.137 e. The first-order valence-electron chi connectivity index (χ1n) is 5.83. The van der Waals surface area contributed by atoms with Gasteiger partial charge in [-0.1, -0.05) is 6.92 Å². The Hall–Kier alpha value is -1.17. The molecule has 96 valence electrons. The Morgan fingerprint density at radius 1 is 1.41 bits per heavy atom. The predicted octanol–water partition coefficient (Wildman–Crippen LogP) is 1.41. The standard InChI is InChI=1S/C12H21N3O2/c1-4-11(17-5-2)12(15-13)9-6-10(16-3)8-14-7-9/h6-8,11-12,15H,4-5,13H2,1-3H3. The van der Waals surface area contributed by atoms with Crippen LogP contribution in [-0.4, -0.2) is 24.8 Å². The maximum atomic E-state index is 5.66. The minimum atomic E-state index is -0.0810. The summed E-state index contributed by atoms with van der Waals surface area (Å²) in [6.07, 6.45) is 4.34. The van der Waals surface area contributed by atoms with Gasteiger partial charge in [-0.15, -0.1) is 0 Å². The highest BCUT2D eigenvalue weighted by molar-refractivity contribution is 5.26. The molecule has 0 spiro atoms. The third kappa shape index (κ3) is 3.66. The Balaban J connectivity index is 2.90. The zero-order chi connectivity index (χ0) is 12.7. The molecule has 17 heavy (non-hydrogen) atoms. The van der Waals surface area contributed by atoms with E-state index in [1.807, 2.05) is 13.0 Å². The maximum absolute atomic E-state index is 5.66. The number of nitrogens with zero attached hydrogens (tertiary/aromatic N) is 1.